The van der Waals surface area contributed by atoms with Crippen molar-refractivity contribution in [2.75, 3.05) is 26.1 Å². The lowest BCUT2D eigenvalue weighted by molar-refractivity contribution is -0.115. The molecular weight excluding hydrogens is 464 g/mol. The first-order valence-corrected chi connectivity index (χ1v) is 12.8. The second kappa shape index (κ2) is 10.7. The van der Waals surface area contributed by atoms with E-state index >= 15 is 0 Å². The standard InChI is InChI=1S/C23H26N2O6S2/c1-5-31-20-11-10-16(12-21(20)30-4)23-24-17(13-32-23)14-33(27,28)15(2)22(26)25-18-8-6-7-9-19(18)29-3/h6-13,15H,5,14H2,1-4H3,(H,25,26). The Morgan fingerprint density at radius 3 is 2.52 bits per heavy atom. The summed E-state index contributed by atoms with van der Waals surface area (Å²) in [4.78, 5) is 17.1. The molecule has 1 aromatic heterocycles. The minimum atomic E-state index is -3.80. The zero-order valence-electron chi connectivity index (χ0n) is 18.8. The van der Waals surface area contributed by atoms with Crippen molar-refractivity contribution < 1.29 is 27.4 Å². The molecule has 1 unspecified atom stereocenters. The molecule has 1 heterocycles. The molecule has 8 nitrogen and oxygen atoms in total. The highest BCUT2D eigenvalue weighted by Gasteiger charge is 2.29. The summed E-state index contributed by atoms with van der Waals surface area (Å²) in [5.74, 6) is 0.660. The van der Waals surface area contributed by atoms with Gasteiger partial charge >= 0.3 is 0 Å². The summed E-state index contributed by atoms with van der Waals surface area (Å²) in [5.41, 5.74) is 1.57. The molecule has 1 N–H and O–H groups in total. The minimum Gasteiger partial charge on any atom is -0.495 e. The Labute approximate surface area is 197 Å². The van der Waals surface area contributed by atoms with Gasteiger partial charge in [0, 0.05) is 10.9 Å². The van der Waals surface area contributed by atoms with Gasteiger partial charge in [-0.15, -0.1) is 11.3 Å². The van der Waals surface area contributed by atoms with E-state index in [0.29, 0.717) is 40.2 Å². The molecule has 0 fully saturated rings. The predicted molar refractivity (Wildman–Crippen MR) is 129 cm³/mol. The summed E-state index contributed by atoms with van der Waals surface area (Å²) in [5, 5.41) is 3.69. The Kier molecular flexibility index (Phi) is 7.93. The molecule has 0 spiro atoms. The molecule has 0 aliphatic rings. The highest BCUT2D eigenvalue weighted by atomic mass is 32.2. The summed E-state index contributed by atoms with van der Waals surface area (Å²) in [6.07, 6.45) is 0. The first kappa shape index (κ1) is 24.5. The molecule has 10 heteroatoms. The Bertz CT molecular complexity index is 1220. The number of hydrogen-bond acceptors (Lipinski definition) is 8. The number of methoxy groups -OCH3 is 2. The van der Waals surface area contributed by atoms with Crippen LogP contribution in [0.15, 0.2) is 47.8 Å². The Morgan fingerprint density at radius 1 is 1.09 bits per heavy atom. The van der Waals surface area contributed by atoms with E-state index in [-0.39, 0.29) is 5.75 Å². The van der Waals surface area contributed by atoms with E-state index in [2.05, 4.69) is 10.3 Å². The second-order valence-corrected chi connectivity index (χ2v) is 10.3. The number of amides is 1. The number of carbonyl (C=O) groups is 1. The van der Waals surface area contributed by atoms with Crippen molar-refractivity contribution in [1.82, 2.24) is 4.98 Å². The maximum atomic E-state index is 12.9. The van der Waals surface area contributed by atoms with Crippen LogP contribution >= 0.6 is 11.3 Å². The molecule has 0 saturated carbocycles. The van der Waals surface area contributed by atoms with E-state index < -0.39 is 21.0 Å². The number of anilines is 1. The van der Waals surface area contributed by atoms with Crippen molar-refractivity contribution in [3.8, 4) is 27.8 Å². The first-order chi connectivity index (χ1) is 15.8. The lowest BCUT2D eigenvalue weighted by Gasteiger charge is -2.14. The van der Waals surface area contributed by atoms with Gasteiger partial charge in [0.05, 0.1) is 38.0 Å². The van der Waals surface area contributed by atoms with Gasteiger partial charge in [-0.05, 0) is 44.2 Å². The number of carbonyl (C=O) groups excluding carboxylic acids is 1. The van der Waals surface area contributed by atoms with Crippen LogP contribution in [-0.4, -0.2) is 45.4 Å². The smallest absolute Gasteiger partial charge is 0.242 e. The topological polar surface area (TPSA) is 104 Å². The van der Waals surface area contributed by atoms with Crippen molar-refractivity contribution in [3.05, 3.63) is 53.5 Å². The van der Waals surface area contributed by atoms with Crippen LogP contribution < -0.4 is 19.5 Å². The molecule has 1 atom stereocenters. The number of nitrogens with one attached hydrogen (secondary N) is 1. The van der Waals surface area contributed by atoms with Crippen LogP contribution in [0.2, 0.25) is 0 Å². The number of thiazole rings is 1. The van der Waals surface area contributed by atoms with E-state index in [1.165, 1.54) is 25.4 Å². The number of aromatic nitrogens is 1. The molecular formula is C23H26N2O6S2. The predicted octanol–water partition coefficient (Wildman–Crippen LogP) is 4.17. The number of para-hydroxylation sites is 2. The number of sulfone groups is 1. The Morgan fingerprint density at radius 2 is 1.82 bits per heavy atom. The lowest BCUT2D eigenvalue weighted by Crippen LogP contribution is -2.33. The van der Waals surface area contributed by atoms with Gasteiger partial charge in [-0.3, -0.25) is 4.79 Å². The molecule has 0 bridgehead atoms. The van der Waals surface area contributed by atoms with Crippen LogP contribution in [0.4, 0.5) is 5.69 Å². The monoisotopic (exact) mass is 490 g/mol. The number of benzene rings is 2. The molecule has 2 aromatic carbocycles. The van der Waals surface area contributed by atoms with Crippen molar-refractivity contribution in [3.63, 3.8) is 0 Å². The minimum absolute atomic E-state index is 0.349. The third kappa shape index (κ3) is 5.82. The lowest BCUT2D eigenvalue weighted by atomic mass is 10.2. The molecule has 3 aromatic rings. The summed E-state index contributed by atoms with van der Waals surface area (Å²) in [6, 6.07) is 12.2. The van der Waals surface area contributed by atoms with E-state index in [1.807, 2.05) is 13.0 Å². The fourth-order valence-electron chi connectivity index (χ4n) is 3.06. The van der Waals surface area contributed by atoms with Gasteiger partial charge in [0.2, 0.25) is 5.91 Å². The van der Waals surface area contributed by atoms with Gasteiger partial charge in [0.25, 0.3) is 0 Å². The SMILES string of the molecule is CCOc1ccc(-c2nc(CS(=O)(=O)C(C)C(=O)Nc3ccccc3OC)cs2)cc1OC. The second-order valence-electron chi connectivity index (χ2n) is 7.08. The largest absolute Gasteiger partial charge is 0.495 e. The van der Waals surface area contributed by atoms with Gasteiger partial charge in [-0.1, -0.05) is 12.1 Å². The van der Waals surface area contributed by atoms with Crippen molar-refractivity contribution in [1.29, 1.82) is 0 Å². The third-order valence-electron chi connectivity index (χ3n) is 4.88. The molecule has 1 amide bonds. The van der Waals surface area contributed by atoms with Crippen molar-refractivity contribution in [2.45, 2.75) is 24.9 Å². The van der Waals surface area contributed by atoms with Crippen LogP contribution in [0.25, 0.3) is 10.6 Å². The quantitative estimate of drug-likeness (QED) is 0.455. The fourth-order valence-corrected chi connectivity index (χ4v) is 5.18. The van der Waals surface area contributed by atoms with Gasteiger partial charge in [-0.25, -0.2) is 13.4 Å². The fraction of sp³-hybridized carbons (Fsp3) is 0.304. The molecule has 0 radical (unpaired) electrons. The van der Waals surface area contributed by atoms with Gasteiger partial charge in [0.15, 0.2) is 21.3 Å². The molecule has 0 aliphatic heterocycles. The summed E-state index contributed by atoms with van der Waals surface area (Å²) < 4.78 is 41.9. The van der Waals surface area contributed by atoms with E-state index in [1.54, 1.807) is 48.9 Å². The molecule has 0 saturated heterocycles. The van der Waals surface area contributed by atoms with Crippen LogP contribution in [0.3, 0.4) is 0 Å². The highest BCUT2D eigenvalue weighted by Crippen LogP contribution is 2.34. The van der Waals surface area contributed by atoms with Crippen LogP contribution in [0.1, 0.15) is 19.5 Å². The van der Waals surface area contributed by atoms with Gasteiger partial charge in [0.1, 0.15) is 16.0 Å². The van der Waals surface area contributed by atoms with E-state index in [4.69, 9.17) is 14.2 Å². The molecule has 33 heavy (non-hydrogen) atoms. The average molecular weight is 491 g/mol. The molecule has 3 rings (SSSR count). The van der Waals surface area contributed by atoms with Crippen molar-refractivity contribution >= 4 is 32.8 Å². The molecule has 0 aliphatic carbocycles. The first-order valence-electron chi connectivity index (χ1n) is 10.2. The summed E-state index contributed by atoms with van der Waals surface area (Å²) >= 11 is 1.32. The normalized spacial score (nSPS) is 12.1. The molecule has 176 valence electrons. The zero-order chi connectivity index (χ0) is 24.0. The summed E-state index contributed by atoms with van der Waals surface area (Å²) in [6.45, 7) is 3.76. The van der Waals surface area contributed by atoms with Crippen molar-refractivity contribution in [2.24, 2.45) is 0 Å². The van der Waals surface area contributed by atoms with Crippen LogP contribution in [0, 0.1) is 0 Å². The summed E-state index contributed by atoms with van der Waals surface area (Å²) in [7, 11) is -0.770. The third-order valence-corrected chi connectivity index (χ3v) is 7.81. The number of ether oxygens (including phenoxy) is 3. The average Bonchev–Trinajstić information content (AvgIpc) is 3.27. The zero-order valence-corrected chi connectivity index (χ0v) is 20.5. The Balaban J connectivity index is 1.73. The van der Waals surface area contributed by atoms with E-state index in [9.17, 15) is 13.2 Å². The van der Waals surface area contributed by atoms with Crippen LogP contribution in [0.5, 0.6) is 17.2 Å². The number of nitrogens with zero attached hydrogens (tertiary/aromatic N) is 1. The maximum absolute atomic E-state index is 12.9. The maximum Gasteiger partial charge on any atom is 0.242 e. The van der Waals surface area contributed by atoms with Gasteiger partial charge < -0.3 is 19.5 Å². The van der Waals surface area contributed by atoms with E-state index in [0.717, 1.165) is 5.56 Å². The number of hydrogen-bond donors (Lipinski definition) is 1. The van der Waals surface area contributed by atoms with Crippen LogP contribution in [-0.2, 0) is 20.4 Å². The highest BCUT2D eigenvalue weighted by molar-refractivity contribution is 7.92. The Hall–Kier alpha value is -3.11. The number of rotatable bonds is 10. The van der Waals surface area contributed by atoms with Gasteiger partial charge in [-0.2, -0.15) is 0 Å².